The molecular formula is C42H37F6N2O6PS2. The first-order valence-electron chi connectivity index (χ1n) is 18.0. The molecule has 0 saturated heterocycles. The zero-order valence-corrected chi connectivity index (χ0v) is 34.8. The summed E-state index contributed by atoms with van der Waals surface area (Å²) >= 11 is 0. The van der Waals surface area contributed by atoms with Crippen molar-refractivity contribution >= 4 is 49.3 Å². The predicted molar refractivity (Wildman–Crippen MR) is 219 cm³/mol. The largest absolute Gasteiger partial charge is 0.518 e. The second-order valence-corrected chi connectivity index (χ2v) is 21.8. The maximum atomic E-state index is 14.3. The Hall–Kier alpha value is -4.89. The van der Waals surface area contributed by atoms with E-state index in [4.69, 9.17) is 9.05 Å². The van der Waals surface area contributed by atoms with Crippen LogP contribution in [0.5, 0.6) is 11.5 Å². The van der Waals surface area contributed by atoms with Crippen LogP contribution in [0.2, 0.25) is 0 Å². The molecule has 0 unspecified atom stereocenters. The molecule has 0 atom stereocenters. The number of nitrogens with one attached hydrogen (secondary N) is 1. The molecular weight excluding hydrogens is 838 g/mol. The smallest absolute Gasteiger partial charge is 0.416 e. The van der Waals surface area contributed by atoms with Crippen LogP contribution in [0, 0.1) is 0 Å². The molecule has 6 aromatic carbocycles. The lowest BCUT2D eigenvalue weighted by Crippen LogP contribution is -2.37. The van der Waals surface area contributed by atoms with Crippen LogP contribution in [0.1, 0.15) is 52.7 Å². The number of fused-ring (bicyclic) bond motifs is 7. The summed E-state index contributed by atoms with van der Waals surface area (Å²) in [5.74, 6) is -0.952. The Morgan fingerprint density at radius 3 is 1.25 bits per heavy atom. The van der Waals surface area contributed by atoms with Crippen LogP contribution in [-0.4, -0.2) is 27.9 Å². The fraction of sp³-hybridized carbons (Fsp3) is 0.238. The minimum atomic E-state index is -6.85. The zero-order valence-electron chi connectivity index (χ0n) is 32.3. The van der Waals surface area contributed by atoms with Gasteiger partial charge in [-0.1, -0.05) is 143 Å². The molecule has 7 rings (SSSR count). The van der Waals surface area contributed by atoms with E-state index in [0.717, 1.165) is 15.6 Å². The molecule has 0 aliphatic carbocycles. The van der Waals surface area contributed by atoms with E-state index in [0.29, 0.717) is 32.7 Å². The van der Waals surface area contributed by atoms with Crippen LogP contribution in [0.25, 0.3) is 54.9 Å². The van der Waals surface area contributed by atoms with Crippen LogP contribution < -0.4 is 13.5 Å². The Kier molecular flexibility index (Phi) is 10.1. The minimum absolute atomic E-state index is 0.0646. The fourth-order valence-corrected chi connectivity index (χ4v) is 11.9. The number of hydrogen-bond acceptors (Lipinski definition) is 6. The first-order chi connectivity index (χ1) is 27.2. The van der Waals surface area contributed by atoms with Crippen LogP contribution in [0.4, 0.5) is 26.3 Å². The van der Waals surface area contributed by atoms with Gasteiger partial charge in [-0.15, -0.1) is 4.49 Å². The van der Waals surface area contributed by atoms with Gasteiger partial charge in [0.2, 0.25) is 0 Å². The maximum Gasteiger partial charge on any atom is 0.518 e. The molecule has 1 heterocycles. The van der Waals surface area contributed by atoms with Crippen molar-refractivity contribution < 1.29 is 52.2 Å². The zero-order chi connectivity index (χ0) is 43.1. The number of benzene rings is 6. The van der Waals surface area contributed by atoms with Gasteiger partial charge in [-0.25, -0.2) is 8.42 Å². The molecule has 0 spiro atoms. The highest BCUT2D eigenvalue weighted by molar-refractivity contribution is 7.99. The highest BCUT2D eigenvalue weighted by Crippen LogP contribution is 2.64. The second kappa shape index (κ2) is 14.1. The summed E-state index contributed by atoms with van der Waals surface area (Å²) in [6.07, 6.45) is 0. The normalized spacial score (nSPS) is 14.8. The third-order valence-electron chi connectivity index (χ3n) is 9.85. The molecule has 310 valence electrons. The van der Waals surface area contributed by atoms with Crippen molar-refractivity contribution in [2.24, 2.45) is 4.15 Å². The number of sulfonamides is 2. The quantitative estimate of drug-likeness (QED) is 0.136. The molecule has 1 aliphatic heterocycles. The Morgan fingerprint density at radius 2 is 0.915 bits per heavy atom. The van der Waals surface area contributed by atoms with Crippen molar-refractivity contribution in [3.63, 3.8) is 0 Å². The standard InChI is InChI=1S/C42H37F6N2O6PS2/c1-39(2,3)29-19-15-25(16-20-29)33-23-27-11-7-9-13-31(27)35-36-32-14-10-8-12-28(32)24-34(26-17-21-30(22-18-26)40(4,5)6)38(36)56-57(55-37(33)35,49-58(51,52)41(43,44)45)50-59(53,54)42(46,47)48/h7-24,49H,1-6H3. The van der Waals surface area contributed by atoms with Crippen LogP contribution in [-0.2, 0) is 30.9 Å². The lowest BCUT2D eigenvalue weighted by atomic mass is 9.84. The van der Waals surface area contributed by atoms with Crippen molar-refractivity contribution in [1.82, 2.24) is 4.49 Å². The van der Waals surface area contributed by atoms with E-state index >= 15 is 0 Å². The van der Waals surface area contributed by atoms with Gasteiger partial charge in [-0.2, -0.15) is 34.8 Å². The Balaban J connectivity index is 1.73. The summed E-state index contributed by atoms with van der Waals surface area (Å²) in [6, 6.07) is 30.4. The van der Waals surface area contributed by atoms with E-state index in [1.807, 2.05) is 41.5 Å². The van der Waals surface area contributed by atoms with Gasteiger partial charge in [0.15, 0.2) is 0 Å². The van der Waals surface area contributed by atoms with Crippen molar-refractivity contribution in [3.8, 4) is 44.9 Å². The van der Waals surface area contributed by atoms with Gasteiger partial charge in [-0.3, -0.25) is 0 Å². The van der Waals surface area contributed by atoms with Crippen molar-refractivity contribution in [2.75, 3.05) is 0 Å². The van der Waals surface area contributed by atoms with Gasteiger partial charge >= 0.3 is 38.7 Å². The lowest BCUT2D eigenvalue weighted by Gasteiger charge is -2.26. The summed E-state index contributed by atoms with van der Waals surface area (Å²) in [4.78, 5) is 0. The van der Waals surface area contributed by atoms with E-state index in [9.17, 15) is 43.2 Å². The average molecular weight is 875 g/mol. The molecule has 0 amide bonds. The SMILES string of the molecule is CC(C)(C)c1ccc(-c2cc3ccccc3c3c2OP(=NS(=O)(=O)C(F)(F)F)(NS(=O)(=O)C(F)(F)F)Oc2c(-c4ccc(C(C)(C)C)cc4)cc4ccccc4c2-3)cc1. The molecule has 1 aliphatic rings. The number of nitrogens with zero attached hydrogens (tertiary/aromatic N) is 1. The Bertz CT molecular complexity index is 2780. The Morgan fingerprint density at radius 1 is 0.542 bits per heavy atom. The minimum Gasteiger partial charge on any atom is -0.416 e. The fourth-order valence-electron chi connectivity index (χ4n) is 6.82. The molecule has 0 fully saturated rings. The first-order valence-corrected chi connectivity index (χ1v) is 22.5. The molecule has 6 aromatic rings. The van der Waals surface area contributed by atoms with Gasteiger partial charge in [-0.05, 0) is 66.8 Å². The molecule has 0 bridgehead atoms. The second-order valence-electron chi connectivity index (χ2n) is 16.1. The van der Waals surface area contributed by atoms with Gasteiger partial charge < -0.3 is 9.05 Å². The predicted octanol–water partition coefficient (Wildman–Crippen LogP) is 12.6. The van der Waals surface area contributed by atoms with E-state index in [-0.39, 0.29) is 33.1 Å². The van der Waals surface area contributed by atoms with Crippen LogP contribution >= 0.6 is 7.66 Å². The average Bonchev–Trinajstić information content (AvgIpc) is 3.27. The molecule has 0 aromatic heterocycles. The molecule has 1 N–H and O–H groups in total. The molecule has 0 saturated carbocycles. The summed E-state index contributed by atoms with van der Waals surface area (Å²) < 4.78 is 154. The molecule has 0 radical (unpaired) electrons. The number of alkyl halides is 6. The summed E-state index contributed by atoms with van der Waals surface area (Å²) in [5, 5.41) is 1.82. The van der Waals surface area contributed by atoms with Gasteiger partial charge in [0.05, 0.1) is 0 Å². The molecule has 8 nitrogen and oxygen atoms in total. The number of rotatable bonds is 5. The Labute approximate surface area is 337 Å². The van der Waals surface area contributed by atoms with Gasteiger partial charge in [0, 0.05) is 22.3 Å². The summed E-state index contributed by atoms with van der Waals surface area (Å²) in [7, 11) is -19.7. The first kappa shape index (κ1) is 42.2. The van der Waals surface area contributed by atoms with E-state index in [1.54, 1.807) is 109 Å². The monoisotopic (exact) mass is 874 g/mol. The van der Waals surface area contributed by atoms with Gasteiger partial charge in [0.25, 0.3) is 0 Å². The van der Waals surface area contributed by atoms with Crippen molar-refractivity contribution in [1.29, 1.82) is 0 Å². The number of hydrogen-bond donors (Lipinski definition) is 1. The topological polar surface area (TPSA) is 111 Å². The van der Waals surface area contributed by atoms with Gasteiger partial charge in [0.1, 0.15) is 11.5 Å². The summed E-state index contributed by atoms with van der Waals surface area (Å²) in [6.45, 7) is 11.8. The summed E-state index contributed by atoms with van der Waals surface area (Å²) in [5.41, 5.74) is -10.4. The van der Waals surface area contributed by atoms with Crippen LogP contribution in [0.3, 0.4) is 0 Å². The highest BCUT2D eigenvalue weighted by Gasteiger charge is 2.55. The lowest BCUT2D eigenvalue weighted by molar-refractivity contribution is -0.0443. The van der Waals surface area contributed by atoms with E-state index in [2.05, 4.69) is 4.15 Å². The maximum absolute atomic E-state index is 14.3. The third-order valence-corrected chi connectivity index (χ3v) is 15.5. The van der Waals surface area contributed by atoms with Crippen molar-refractivity contribution in [2.45, 2.75) is 63.4 Å². The van der Waals surface area contributed by atoms with E-state index in [1.165, 1.54) is 0 Å². The van der Waals surface area contributed by atoms with Crippen LogP contribution in [0.15, 0.2) is 113 Å². The molecule has 17 heteroatoms. The highest BCUT2D eigenvalue weighted by atomic mass is 32.2. The van der Waals surface area contributed by atoms with Crippen molar-refractivity contribution in [3.05, 3.63) is 120 Å². The van der Waals surface area contributed by atoms with E-state index < -0.39 is 50.2 Å². The third kappa shape index (κ3) is 7.83. The molecule has 59 heavy (non-hydrogen) atoms. The number of halogens is 6.